The molecule has 0 unspecified atom stereocenters. The number of hydrogen-bond acceptors (Lipinski definition) is 5. The number of aromatic nitrogens is 3. The van der Waals surface area contributed by atoms with Crippen LogP contribution in [0.4, 0.5) is 13.2 Å². The molecule has 0 aliphatic carbocycles. The van der Waals surface area contributed by atoms with Gasteiger partial charge in [0.05, 0.1) is 7.11 Å². The number of hydrogen-bond donors (Lipinski definition) is 1. The molecule has 1 aromatic carbocycles. The van der Waals surface area contributed by atoms with Gasteiger partial charge in [-0.3, -0.25) is 5.20 Å². The fourth-order valence-electron chi connectivity index (χ4n) is 1.76. The Bertz CT molecular complexity index is 731. The molecule has 0 bridgehead atoms. The quantitative estimate of drug-likeness (QED) is 0.839. The van der Waals surface area contributed by atoms with Crippen LogP contribution >= 0.6 is 16.8 Å². The van der Waals surface area contributed by atoms with Crippen LogP contribution in [0.2, 0.25) is 0 Å². The molecule has 112 valence electrons. The Morgan fingerprint density at radius 3 is 2.52 bits per heavy atom. The second-order valence-electron chi connectivity index (χ2n) is 4.08. The van der Waals surface area contributed by atoms with Crippen molar-refractivity contribution in [3.8, 4) is 5.75 Å². The van der Waals surface area contributed by atoms with E-state index in [1.54, 1.807) is 24.3 Å². The average molecular weight is 352 g/mol. The molecule has 0 saturated carbocycles. The van der Waals surface area contributed by atoms with Crippen molar-refractivity contribution in [1.82, 2.24) is 14.9 Å². The number of nitrogens with zero attached hydrogens (tertiary/aromatic N) is 3. The summed E-state index contributed by atoms with van der Waals surface area (Å²) in [6.07, 6.45) is -4.58. The summed E-state index contributed by atoms with van der Waals surface area (Å²) in [6, 6.07) is 6.92. The van der Waals surface area contributed by atoms with Crippen LogP contribution in [0.15, 0.2) is 29.4 Å². The van der Waals surface area contributed by atoms with Crippen LogP contribution in [0.1, 0.15) is 5.82 Å². The number of rotatable bonds is 2. The molecule has 5 nitrogen and oxygen atoms in total. The van der Waals surface area contributed by atoms with Crippen molar-refractivity contribution in [2.45, 2.75) is 11.3 Å². The summed E-state index contributed by atoms with van der Waals surface area (Å²) in [5.41, 5.74) is 0. The highest BCUT2D eigenvalue weighted by atomic mass is 32.9. The summed E-state index contributed by atoms with van der Waals surface area (Å²) < 4.78 is 44.3. The molecule has 0 radical (unpaired) electrons. The van der Waals surface area contributed by atoms with Gasteiger partial charge in [0.25, 0.3) is 5.82 Å². The van der Waals surface area contributed by atoms with E-state index in [9.17, 15) is 13.2 Å². The smallest absolute Gasteiger partial charge is 0.453 e. The summed E-state index contributed by atoms with van der Waals surface area (Å²) in [4.78, 5) is 0. The molecule has 0 saturated heterocycles. The number of nitrogens with one attached hydrogen (secondary N) is 1. The fraction of sp³-hybridized carbons (Fsp3) is 0.200. The Kier molecular flexibility index (Phi) is 3.42. The maximum absolute atomic E-state index is 12.8. The van der Waals surface area contributed by atoms with Gasteiger partial charge < -0.3 is 4.74 Å². The van der Waals surface area contributed by atoms with Crippen LogP contribution in [0.25, 0.3) is 0 Å². The zero-order valence-corrected chi connectivity index (χ0v) is 13.0. The lowest BCUT2D eigenvalue weighted by atomic mass is 10.3. The zero-order valence-electron chi connectivity index (χ0n) is 10.5. The van der Waals surface area contributed by atoms with Crippen LogP contribution in [0.5, 0.6) is 5.75 Å². The molecule has 0 spiro atoms. The van der Waals surface area contributed by atoms with Gasteiger partial charge in [0.1, 0.15) is 11.1 Å². The van der Waals surface area contributed by atoms with E-state index in [0.29, 0.717) is 5.75 Å². The zero-order chi connectivity index (χ0) is 15.3. The maximum atomic E-state index is 12.8. The molecule has 3 rings (SSSR count). The van der Waals surface area contributed by atoms with Gasteiger partial charge in [-0.05, 0) is 35.6 Å². The molecule has 1 N–H and O–H groups in total. The summed E-state index contributed by atoms with van der Waals surface area (Å²) in [7, 11) is 1.53. The van der Waals surface area contributed by atoms with Crippen molar-refractivity contribution >= 4 is 33.9 Å². The maximum Gasteiger partial charge on any atom is 0.453 e. The standard InChI is InChI=1S/C10H8F3N4OPS2/c1-18-6-2-4-7(5-3-6)19(20)16-17-8(10(11,12)13)14-15-9(17)21-19/h2-5H,1H3,(H,16,20)/t19-/m0/s1. The first-order valence-electron chi connectivity index (χ1n) is 5.59. The van der Waals surface area contributed by atoms with Crippen LogP contribution in [0, 0.1) is 0 Å². The van der Waals surface area contributed by atoms with Gasteiger partial charge in [0.2, 0.25) is 5.16 Å². The lowest BCUT2D eigenvalue weighted by molar-refractivity contribution is -0.146. The predicted molar refractivity (Wildman–Crippen MR) is 77.2 cm³/mol. The van der Waals surface area contributed by atoms with Gasteiger partial charge in [-0.1, -0.05) is 11.8 Å². The number of methoxy groups -OCH3 is 1. The van der Waals surface area contributed by atoms with Crippen molar-refractivity contribution in [2.75, 3.05) is 12.3 Å². The minimum Gasteiger partial charge on any atom is -0.497 e. The van der Waals surface area contributed by atoms with E-state index >= 15 is 0 Å². The van der Waals surface area contributed by atoms with Crippen LogP contribution in [-0.2, 0) is 18.0 Å². The monoisotopic (exact) mass is 352 g/mol. The molecule has 0 amide bonds. The lowest BCUT2D eigenvalue weighted by Crippen LogP contribution is -2.20. The molecule has 2 aromatic rings. The first kappa shape index (κ1) is 14.7. The fourth-order valence-corrected chi connectivity index (χ4v) is 6.91. The van der Waals surface area contributed by atoms with E-state index in [2.05, 4.69) is 15.4 Å². The molecule has 11 heteroatoms. The number of fused-ring (bicyclic) bond motifs is 1. The first-order chi connectivity index (χ1) is 9.83. The van der Waals surface area contributed by atoms with Gasteiger partial charge >= 0.3 is 6.18 Å². The third-order valence-electron chi connectivity index (χ3n) is 2.74. The predicted octanol–water partition coefficient (Wildman–Crippen LogP) is 2.59. The van der Waals surface area contributed by atoms with E-state index in [4.69, 9.17) is 16.5 Å². The highest BCUT2D eigenvalue weighted by molar-refractivity contribution is 8.73. The van der Waals surface area contributed by atoms with Gasteiger partial charge in [-0.25, -0.2) is 4.68 Å². The SMILES string of the molecule is COc1ccc([P@@]2(=S)Nn3c(nnc3C(F)(F)F)S2)cc1. The van der Waals surface area contributed by atoms with Gasteiger partial charge in [0.15, 0.2) is 0 Å². The van der Waals surface area contributed by atoms with E-state index in [1.807, 2.05) is 0 Å². The van der Waals surface area contributed by atoms with Crippen molar-refractivity contribution in [3.05, 3.63) is 30.1 Å². The molecular formula is C10H8F3N4OPS2. The Hall–Kier alpha value is -1.25. The summed E-state index contributed by atoms with van der Waals surface area (Å²) in [6.45, 7) is 0. The second kappa shape index (κ2) is 4.89. The van der Waals surface area contributed by atoms with Crippen molar-refractivity contribution in [3.63, 3.8) is 0 Å². The largest absolute Gasteiger partial charge is 0.497 e. The van der Waals surface area contributed by atoms with Crippen LogP contribution < -0.4 is 15.2 Å². The first-order valence-corrected chi connectivity index (χ1v) is 9.81. The Balaban J connectivity index is 1.95. The highest BCUT2D eigenvalue weighted by Crippen LogP contribution is 2.63. The lowest BCUT2D eigenvalue weighted by Gasteiger charge is -2.17. The van der Waals surface area contributed by atoms with Gasteiger partial charge in [-0.2, -0.15) is 13.2 Å². The molecule has 21 heavy (non-hydrogen) atoms. The summed E-state index contributed by atoms with van der Waals surface area (Å²) in [5, 5.41) is 7.82. The second-order valence-corrected chi connectivity index (χ2v) is 11.0. The van der Waals surface area contributed by atoms with Crippen molar-refractivity contribution < 1.29 is 17.9 Å². The minimum absolute atomic E-state index is 0.126. The Morgan fingerprint density at radius 1 is 1.29 bits per heavy atom. The summed E-state index contributed by atoms with van der Waals surface area (Å²) >= 11 is 6.63. The minimum atomic E-state index is -4.58. The molecule has 2 heterocycles. The molecular weight excluding hydrogens is 344 g/mol. The topological polar surface area (TPSA) is 52.0 Å². The number of halogens is 3. The number of benzene rings is 1. The number of ether oxygens (including phenoxy) is 1. The third kappa shape index (κ3) is 2.51. The molecule has 1 aliphatic heterocycles. The Labute approximate surface area is 126 Å². The average Bonchev–Trinajstić information content (AvgIpc) is 2.95. The van der Waals surface area contributed by atoms with E-state index in [-0.39, 0.29) is 5.16 Å². The van der Waals surface area contributed by atoms with Crippen LogP contribution in [0.3, 0.4) is 0 Å². The van der Waals surface area contributed by atoms with Gasteiger partial charge in [-0.15, -0.1) is 10.2 Å². The molecule has 0 fully saturated rings. The molecule has 1 aliphatic rings. The van der Waals surface area contributed by atoms with E-state index in [1.165, 1.54) is 7.11 Å². The molecule has 1 aromatic heterocycles. The van der Waals surface area contributed by atoms with Gasteiger partial charge in [0, 0.05) is 5.30 Å². The number of alkyl halides is 3. The highest BCUT2D eigenvalue weighted by Gasteiger charge is 2.43. The van der Waals surface area contributed by atoms with Crippen molar-refractivity contribution in [1.29, 1.82) is 0 Å². The van der Waals surface area contributed by atoms with Crippen molar-refractivity contribution in [2.24, 2.45) is 0 Å². The van der Waals surface area contributed by atoms with Crippen LogP contribution in [-0.4, -0.2) is 22.0 Å². The van der Waals surface area contributed by atoms with E-state index in [0.717, 1.165) is 21.4 Å². The van der Waals surface area contributed by atoms with E-state index < -0.39 is 17.4 Å². The summed E-state index contributed by atoms with van der Waals surface area (Å²) in [5.74, 6) is -0.440. The third-order valence-corrected chi connectivity index (χ3v) is 8.55. The molecule has 1 atom stereocenters. The normalized spacial score (nSPS) is 21.0. The Morgan fingerprint density at radius 2 is 1.95 bits per heavy atom.